The fourth-order valence-corrected chi connectivity index (χ4v) is 7.91. The summed E-state index contributed by atoms with van der Waals surface area (Å²) in [6.45, 7) is 13.4. The van der Waals surface area contributed by atoms with E-state index in [1.165, 1.54) is 32.1 Å². The summed E-state index contributed by atoms with van der Waals surface area (Å²) in [5.74, 6) is 1.87. The lowest BCUT2D eigenvalue weighted by Crippen LogP contribution is -2.55. The molecule has 0 unspecified atom stereocenters. The molecule has 0 saturated heterocycles. The highest BCUT2D eigenvalue weighted by molar-refractivity contribution is 6.74. The zero-order chi connectivity index (χ0) is 21.2. The molecule has 3 fully saturated rings. The maximum Gasteiger partial charge on any atom is 0.192 e. The molecule has 4 rings (SSSR count). The Morgan fingerprint density at radius 1 is 1.18 bits per heavy atom. The van der Waals surface area contributed by atoms with Gasteiger partial charge in [0.1, 0.15) is 0 Å². The molecule has 3 saturated carbocycles. The van der Waals surface area contributed by atoms with Gasteiger partial charge in [0.25, 0.3) is 0 Å². The molecule has 0 aliphatic heterocycles. The number of fused-ring (bicyclic) bond motifs is 5. The molecule has 0 aromatic rings. The number of aliphatic hydroxyl groups is 1. The molecular formula is C25H44O2Si. The van der Waals surface area contributed by atoms with Crippen LogP contribution in [-0.4, -0.2) is 26.1 Å². The van der Waals surface area contributed by atoms with E-state index >= 15 is 0 Å². The molecule has 0 aromatic carbocycles. The van der Waals surface area contributed by atoms with Crippen LogP contribution in [0.4, 0.5) is 0 Å². The van der Waals surface area contributed by atoms with E-state index in [0.717, 1.165) is 25.7 Å². The van der Waals surface area contributed by atoms with Crippen molar-refractivity contribution in [3.63, 3.8) is 0 Å². The SMILES string of the molecule is [2H][C@@H](O[Si](C)(C)C(C)(C)C)[C@]12CCCC=C1CC[C@H]1[C@@H]3CC[C@H](O)[C@@]3(C)CC[C@@H]12. The Labute approximate surface area is 176 Å². The van der Waals surface area contributed by atoms with Crippen LogP contribution < -0.4 is 0 Å². The molecule has 0 aromatic heterocycles. The van der Waals surface area contributed by atoms with Crippen molar-refractivity contribution >= 4 is 8.32 Å². The number of rotatable bonds is 3. The molecule has 4 aliphatic rings. The summed E-state index contributed by atoms with van der Waals surface area (Å²) in [5.41, 5.74) is 1.59. The summed E-state index contributed by atoms with van der Waals surface area (Å²) in [7, 11) is -2.00. The molecule has 28 heavy (non-hydrogen) atoms. The molecule has 0 bridgehead atoms. The predicted octanol–water partition coefficient (Wildman–Crippen LogP) is 6.70. The Morgan fingerprint density at radius 3 is 2.64 bits per heavy atom. The fraction of sp³-hybridized carbons (Fsp3) is 0.920. The zero-order valence-corrected chi connectivity index (χ0v) is 20.2. The average Bonchev–Trinajstić information content (AvgIpc) is 2.95. The van der Waals surface area contributed by atoms with Crippen molar-refractivity contribution < 1.29 is 10.9 Å². The Hall–Kier alpha value is -0.123. The molecule has 2 nitrogen and oxygen atoms in total. The molecule has 0 heterocycles. The van der Waals surface area contributed by atoms with Gasteiger partial charge >= 0.3 is 0 Å². The van der Waals surface area contributed by atoms with Gasteiger partial charge < -0.3 is 9.53 Å². The van der Waals surface area contributed by atoms with Crippen LogP contribution in [0.2, 0.25) is 18.1 Å². The third-order valence-corrected chi connectivity index (χ3v) is 14.3. The van der Waals surface area contributed by atoms with E-state index in [1.54, 1.807) is 5.57 Å². The number of aliphatic hydroxyl groups excluding tert-OH is 1. The van der Waals surface area contributed by atoms with Crippen molar-refractivity contribution in [2.24, 2.45) is 28.6 Å². The van der Waals surface area contributed by atoms with Crippen molar-refractivity contribution in [3.8, 4) is 0 Å². The maximum atomic E-state index is 10.8. The van der Waals surface area contributed by atoms with Gasteiger partial charge in [0.05, 0.1) is 7.47 Å². The van der Waals surface area contributed by atoms with E-state index in [2.05, 4.69) is 46.9 Å². The first-order valence-electron chi connectivity index (χ1n) is 12.5. The molecule has 0 spiro atoms. The molecular weight excluding hydrogens is 360 g/mol. The minimum Gasteiger partial charge on any atom is -0.416 e. The highest BCUT2D eigenvalue weighted by Gasteiger charge is 2.60. The minimum atomic E-state index is -2.00. The van der Waals surface area contributed by atoms with Gasteiger partial charge in [-0.25, -0.2) is 0 Å². The second-order valence-electron chi connectivity index (χ2n) is 12.2. The lowest BCUT2D eigenvalue weighted by molar-refractivity contribution is -0.0888. The maximum absolute atomic E-state index is 10.8. The van der Waals surface area contributed by atoms with Crippen LogP contribution in [0, 0.1) is 28.6 Å². The van der Waals surface area contributed by atoms with E-state index in [1.807, 2.05) is 0 Å². The number of hydrogen-bond donors (Lipinski definition) is 1. The van der Waals surface area contributed by atoms with E-state index in [4.69, 9.17) is 4.43 Å². The number of allylic oxidation sites excluding steroid dienone is 1. The molecule has 3 heteroatoms. The van der Waals surface area contributed by atoms with Crippen LogP contribution in [0.5, 0.6) is 0 Å². The zero-order valence-electron chi connectivity index (χ0n) is 20.2. The van der Waals surface area contributed by atoms with Crippen molar-refractivity contribution in [1.82, 2.24) is 0 Å². The fourth-order valence-electron chi connectivity index (χ4n) is 7.06. The number of hydrogen-bond acceptors (Lipinski definition) is 2. The molecule has 160 valence electrons. The molecule has 0 radical (unpaired) electrons. The van der Waals surface area contributed by atoms with Crippen molar-refractivity contribution in [3.05, 3.63) is 11.6 Å². The van der Waals surface area contributed by atoms with Crippen LogP contribution in [0.1, 0.15) is 86.9 Å². The monoisotopic (exact) mass is 405 g/mol. The largest absolute Gasteiger partial charge is 0.416 e. The topological polar surface area (TPSA) is 29.5 Å². The van der Waals surface area contributed by atoms with Crippen LogP contribution in [0.3, 0.4) is 0 Å². The van der Waals surface area contributed by atoms with Crippen LogP contribution in [0.15, 0.2) is 11.6 Å². The normalized spacial score (nSPS) is 45.4. The second-order valence-corrected chi connectivity index (χ2v) is 17.0. The van der Waals surface area contributed by atoms with E-state index in [-0.39, 0.29) is 22.0 Å². The summed E-state index contributed by atoms with van der Waals surface area (Å²) in [4.78, 5) is 0. The van der Waals surface area contributed by atoms with Gasteiger partial charge in [-0.3, -0.25) is 0 Å². The Bertz CT molecular complexity index is 668. The van der Waals surface area contributed by atoms with Gasteiger partial charge in [-0.05, 0) is 99.1 Å². The van der Waals surface area contributed by atoms with Gasteiger partial charge in [-0.15, -0.1) is 0 Å². The van der Waals surface area contributed by atoms with Crippen LogP contribution >= 0.6 is 0 Å². The van der Waals surface area contributed by atoms with Crippen molar-refractivity contribution in [1.29, 1.82) is 0 Å². The van der Waals surface area contributed by atoms with Gasteiger partial charge in [-0.1, -0.05) is 39.3 Å². The standard InChI is InChI=1S/C25H44O2Si/c1-23(2,3)28(5,6)27-17-25-15-8-7-9-18(25)10-11-19-20-12-13-22(26)24(20,4)16-14-21(19)25/h9,19-22,26H,7-8,10-17H2,1-6H3/t19-,20-,21-,22-,24-,25+/m0/s1/i17D/t17-,19+,20+,21+,22+,24+,25-/m1. The van der Waals surface area contributed by atoms with Crippen molar-refractivity contribution in [2.75, 3.05) is 6.58 Å². The first kappa shape index (κ1) is 19.8. The Balaban J connectivity index is 1.69. The summed E-state index contributed by atoms with van der Waals surface area (Å²) >= 11 is 0. The summed E-state index contributed by atoms with van der Waals surface area (Å²) in [6.07, 6.45) is 12.8. The van der Waals surface area contributed by atoms with Crippen molar-refractivity contribution in [2.45, 2.75) is 110 Å². The molecule has 0 amide bonds. The summed E-state index contributed by atoms with van der Waals surface area (Å²) < 4.78 is 16.3. The average molecular weight is 406 g/mol. The van der Waals surface area contributed by atoms with Gasteiger partial charge in [-0.2, -0.15) is 0 Å². The van der Waals surface area contributed by atoms with Gasteiger partial charge in [0.15, 0.2) is 8.32 Å². The highest BCUT2D eigenvalue weighted by Crippen LogP contribution is 2.65. The molecule has 1 N–H and O–H groups in total. The Morgan fingerprint density at radius 2 is 1.93 bits per heavy atom. The van der Waals surface area contributed by atoms with E-state index < -0.39 is 14.9 Å². The first-order chi connectivity index (χ1) is 13.4. The highest BCUT2D eigenvalue weighted by atomic mass is 28.4. The molecule has 4 aliphatic carbocycles. The van der Waals surface area contributed by atoms with E-state index in [9.17, 15) is 6.48 Å². The third kappa shape index (κ3) is 3.10. The predicted molar refractivity (Wildman–Crippen MR) is 120 cm³/mol. The summed E-state index contributed by atoms with van der Waals surface area (Å²) in [5, 5.41) is 10.9. The van der Waals surface area contributed by atoms with E-state index in [0.29, 0.717) is 17.8 Å². The first-order valence-corrected chi connectivity index (χ1v) is 14.8. The smallest absolute Gasteiger partial charge is 0.192 e. The van der Waals surface area contributed by atoms with Gasteiger partial charge in [0, 0.05) is 12.0 Å². The third-order valence-electron chi connectivity index (χ3n) is 9.95. The molecule has 7 atom stereocenters. The minimum absolute atomic E-state index is 0.0778. The quantitative estimate of drug-likeness (QED) is 0.418. The lowest BCUT2D eigenvalue weighted by Gasteiger charge is -2.59. The van der Waals surface area contributed by atoms with Crippen LogP contribution in [0.25, 0.3) is 0 Å². The van der Waals surface area contributed by atoms with Crippen LogP contribution in [-0.2, 0) is 4.43 Å². The Kier molecular flexibility index (Phi) is 4.92. The lowest BCUT2D eigenvalue weighted by atomic mass is 9.47. The second kappa shape index (κ2) is 6.95. The summed E-state index contributed by atoms with van der Waals surface area (Å²) in [6, 6.07) is 0. The van der Waals surface area contributed by atoms with Gasteiger partial charge in [0.2, 0.25) is 0 Å².